The lowest BCUT2D eigenvalue weighted by molar-refractivity contribution is -0.128. The van der Waals surface area contributed by atoms with Gasteiger partial charge in [-0.2, -0.15) is 0 Å². The highest BCUT2D eigenvalue weighted by molar-refractivity contribution is 5.35. The average molecular weight is 415 g/mol. The van der Waals surface area contributed by atoms with Crippen LogP contribution in [0.1, 0.15) is 119 Å². The van der Waals surface area contributed by atoms with Gasteiger partial charge in [0, 0.05) is 0 Å². The van der Waals surface area contributed by atoms with Crippen molar-refractivity contribution < 1.29 is 5.11 Å². The molecule has 0 bridgehead atoms. The third-order valence-electron chi connectivity index (χ3n) is 11.1. The molecule has 0 amide bonds. The van der Waals surface area contributed by atoms with Crippen LogP contribution in [0.3, 0.4) is 0 Å². The van der Waals surface area contributed by atoms with Crippen LogP contribution in [0, 0.1) is 45.8 Å². The third-order valence-corrected chi connectivity index (χ3v) is 11.1. The van der Waals surface area contributed by atoms with Crippen LogP contribution < -0.4 is 0 Å². The van der Waals surface area contributed by atoms with Crippen molar-refractivity contribution in [3.8, 4) is 0 Å². The van der Waals surface area contributed by atoms with Crippen molar-refractivity contribution in [2.24, 2.45) is 45.8 Å². The van der Waals surface area contributed by atoms with Gasteiger partial charge in [-0.25, -0.2) is 0 Å². The number of fused-ring (bicyclic) bond motifs is 4. The molecule has 0 aliphatic heterocycles. The van der Waals surface area contributed by atoms with E-state index in [-0.39, 0.29) is 11.5 Å². The Bertz CT molecular complexity index is 672. The van der Waals surface area contributed by atoms with Gasteiger partial charge in [-0.05, 0) is 97.2 Å². The molecular formula is C29H50O. The Balaban J connectivity index is 1.57. The molecular weight excluding hydrogens is 364 g/mol. The monoisotopic (exact) mass is 414 g/mol. The summed E-state index contributed by atoms with van der Waals surface area (Å²) in [5.41, 5.74) is 4.80. The molecule has 4 aliphatic rings. The van der Waals surface area contributed by atoms with E-state index in [1.165, 1.54) is 64.2 Å². The van der Waals surface area contributed by atoms with E-state index in [1.807, 2.05) is 11.1 Å². The predicted molar refractivity (Wildman–Crippen MR) is 128 cm³/mol. The van der Waals surface area contributed by atoms with Crippen LogP contribution >= 0.6 is 0 Å². The SMILES string of the molecule is CC(C)CCC[C@@H](C)[C@H]1CCC2=C3CCC4C(C)(C)C(O)CC[C@]4(C)[C@H]3CC[C@@]21C. The van der Waals surface area contributed by atoms with Crippen molar-refractivity contribution >= 4 is 0 Å². The Kier molecular flexibility index (Phi) is 6.05. The first-order valence-corrected chi connectivity index (χ1v) is 13.4. The quantitative estimate of drug-likeness (QED) is 0.450. The van der Waals surface area contributed by atoms with Crippen LogP contribution in [0.5, 0.6) is 0 Å². The van der Waals surface area contributed by atoms with Gasteiger partial charge in [0.25, 0.3) is 0 Å². The molecule has 0 spiro atoms. The molecule has 0 aromatic rings. The summed E-state index contributed by atoms with van der Waals surface area (Å²) in [6, 6.07) is 0. The maximum Gasteiger partial charge on any atom is 0.0594 e. The zero-order chi connectivity index (χ0) is 21.9. The molecule has 3 saturated carbocycles. The van der Waals surface area contributed by atoms with Crippen LogP contribution in [0.25, 0.3) is 0 Å². The van der Waals surface area contributed by atoms with Crippen LogP contribution in [-0.4, -0.2) is 11.2 Å². The Morgan fingerprint density at radius 2 is 1.63 bits per heavy atom. The zero-order valence-electron chi connectivity index (χ0n) is 21.2. The van der Waals surface area contributed by atoms with E-state index in [2.05, 4.69) is 48.5 Å². The van der Waals surface area contributed by atoms with Gasteiger partial charge in [0.05, 0.1) is 6.10 Å². The number of allylic oxidation sites excluding steroid dienone is 2. The maximum absolute atomic E-state index is 10.8. The Labute approximate surface area is 187 Å². The highest BCUT2D eigenvalue weighted by Gasteiger charge is 2.59. The molecule has 1 nitrogen and oxygen atoms in total. The number of hydrogen-bond donors (Lipinski definition) is 1. The topological polar surface area (TPSA) is 20.2 Å². The second kappa shape index (κ2) is 7.93. The molecule has 0 aromatic heterocycles. The maximum atomic E-state index is 10.8. The molecule has 2 unspecified atom stereocenters. The molecule has 1 N–H and O–H groups in total. The second-order valence-corrected chi connectivity index (χ2v) is 13.4. The van der Waals surface area contributed by atoms with E-state index >= 15 is 0 Å². The predicted octanol–water partition coefficient (Wildman–Crippen LogP) is 8.17. The minimum absolute atomic E-state index is 0.0765. The van der Waals surface area contributed by atoms with Gasteiger partial charge in [-0.3, -0.25) is 0 Å². The first-order valence-electron chi connectivity index (χ1n) is 13.4. The summed E-state index contributed by atoms with van der Waals surface area (Å²) >= 11 is 0. The lowest BCUT2D eigenvalue weighted by Crippen LogP contribution is -2.55. The van der Waals surface area contributed by atoms with Crippen molar-refractivity contribution in [3.05, 3.63) is 11.1 Å². The summed E-state index contributed by atoms with van der Waals surface area (Å²) < 4.78 is 0. The summed E-state index contributed by atoms with van der Waals surface area (Å²) in [5, 5.41) is 10.8. The third kappa shape index (κ3) is 3.45. The first kappa shape index (κ1) is 22.9. The van der Waals surface area contributed by atoms with Crippen molar-refractivity contribution in [2.75, 3.05) is 0 Å². The van der Waals surface area contributed by atoms with E-state index in [0.29, 0.717) is 16.7 Å². The Morgan fingerprint density at radius 3 is 2.33 bits per heavy atom. The molecule has 3 fully saturated rings. The fourth-order valence-corrected chi connectivity index (χ4v) is 9.33. The second-order valence-electron chi connectivity index (χ2n) is 13.4. The molecule has 0 radical (unpaired) electrons. The molecule has 4 aliphatic carbocycles. The molecule has 0 aromatic carbocycles. The molecule has 0 heterocycles. The lowest BCUT2D eigenvalue weighted by atomic mass is 9.44. The van der Waals surface area contributed by atoms with Crippen LogP contribution in [0.4, 0.5) is 0 Å². The normalized spacial score (nSPS) is 43.9. The highest BCUT2D eigenvalue weighted by Crippen LogP contribution is 2.68. The van der Waals surface area contributed by atoms with E-state index < -0.39 is 0 Å². The smallest absolute Gasteiger partial charge is 0.0594 e. The zero-order valence-corrected chi connectivity index (χ0v) is 21.2. The molecule has 0 saturated heterocycles. The minimum atomic E-state index is -0.110. The number of aliphatic hydroxyl groups is 1. The standard InChI is InChI=1S/C29H50O/c1-19(2)9-8-10-20(3)22-12-13-23-21-11-14-25-27(4,5)26(30)16-18-29(25,7)24(21)15-17-28(22,23)6/h19-20,22,24-26,30H,8-18H2,1-7H3/t20-,22-,24+,25?,26?,28-,29-/m1/s1. The van der Waals surface area contributed by atoms with E-state index in [4.69, 9.17) is 0 Å². The largest absolute Gasteiger partial charge is 0.393 e. The van der Waals surface area contributed by atoms with Crippen LogP contribution in [0.15, 0.2) is 11.1 Å². The summed E-state index contributed by atoms with van der Waals surface area (Å²) in [6.45, 7) is 17.3. The molecule has 30 heavy (non-hydrogen) atoms. The van der Waals surface area contributed by atoms with E-state index in [1.54, 1.807) is 0 Å². The fraction of sp³-hybridized carbons (Fsp3) is 0.931. The van der Waals surface area contributed by atoms with E-state index in [0.717, 1.165) is 30.1 Å². The van der Waals surface area contributed by atoms with Gasteiger partial charge in [0.15, 0.2) is 0 Å². The van der Waals surface area contributed by atoms with Crippen molar-refractivity contribution in [2.45, 2.75) is 125 Å². The average Bonchev–Trinajstić information content (AvgIpc) is 3.02. The van der Waals surface area contributed by atoms with Gasteiger partial charge in [0.2, 0.25) is 0 Å². The first-order chi connectivity index (χ1) is 14.0. The van der Waals surface area contributed by atoms with Crippen LogP contribution in [0.2, 0.25) is 0 Å². The van der Waals surface area contributed by atoms with E-state index in [9.17, 15) is 5.11 Å². The molecule has 1 heteroatoms. The number of aliphatic hydroxyl groups excluding tert-OH is 1. The van der Waals surface area contributed by atoms with Gasteiger partial charge in [-0.1, -0.05) is 78.9 Å². The lowest BCUT2D eigenvalue weighted by Gasteiger charge is -2.61. The van der Waals surface area contributed by atoms with Crippen molar-refractivity contribution in [1.82, 2.24) is 0 Å². The number of hydrogen-bond acceptors (Lipinski definition) is 1. The summed E-state index contributed by atoms with van der Waals surface area (Å²) in [7, 11) is 0. The molecule has 7 atom stereocenters. The van der Waals surface area contributed by atoms with Gasteiger partial charge >= 0.3 is 0 Å². The van der Waals surface area contributed by atoms with Gasteiger partial charge < -0.3 is 5.11 Å². The fourth-order valence-electron chi connectivity index (χ4n) is 9.33. The van der Waals surface area contributed by atoms with Crippen molar-refractivity contribution in [1.29, 1.82) is 0 Å². The molecule has 4 rings (SSSR count). The van der Waals surface area contributed by atoms with Gasteiger partial charge in [0.1, 0.15) is 0 Å². The van der Waals surface area contributed by atoms with Crippen molar-refractivity contribution in [3.63, 3.8) is 0 Å². The van der Waals surface area contributed by atoms with Gasteiger partial charge in [-0.15, -0.1) is 0 Å². The van der Waals surface area contributed by atoms with Crippen LogP contribution in [-0.2, 0) is 0 Å². The Morgan fingerprint density at radius 1 is 0.900 bits per heavy atom. The summed E-state index contributed by atoms with van der Waals surface area (Å²) in [6.07, 6.45) is 14.6. The Hall–Kier alpha value is -0.300. The highest BCUT2D eigenvalue weighted by atomic mass is 16.3. The number of rotatable bonds is 5. The minimum Gasteiger partial charge on any atom is -0.393 e. The molecule has 172 valence electrons. The summed E-state index contributed by atoms with van der Waals surface area (Å²) in [5.74, 6) is 4.10. The summed E-state index contributed by atoms with van der Waals surface area (Å²) in [4.78, 5) is 0.